The number of hydrogen-bond acceptors (Lipinski definition) is 1. The molecule has 2 aromatic rings. The van der Waals surface area contributed by atoms with E-state index in [1.165, 1.54) is 300 Å². The first-order chi connectivity index (χ1) is 35.4. The van der Waals surface area contributed by atoms with Crippen LogP contribution < -0.4 is 4.57 Å². The van der Waals surface area contributed by atoms with Crippen molar-refractivity contribution in [1.29, 1.82) is 0 Å². The Bertz CT molecular complexity index is 1340. The van der Waals surface area contributed by atoms with Gasteiger partial charge in [0.25, 0.3) is 5.82 Å². The summed E-state index contributed by atoms with van der Waals surface area (Å²) >= 11 is 0. The van der Waals surface area contributed by atoms with Crippen LogP contribution in [-0.2, 0) is 19.6 Å². The third-order valence-corrected chi connectivity index (χ3v) is 17.2. The summed E-state index contributed by atoms with van der Waals surface area (Å²) in [5, 5.41) is 0. The lowest BCUT2D eigenvalue weighted by Crippen LogP contribution is -2.39. The maximum atomic E-state index is 2.93. The van der Waals surface area contributed by atoms with Crippen molar-refractivity contribution in [2.24, 2.45) is 17.8 Å². The lowest BCUT2D eigenvalue weighted by atomic mass is 9.88. The van der Waals surface area contributed by atoms with Gasteiger partial charge in [0.15, 0.2) is 0 Å². The normalized spacial score (nSPS) is 12.9. The minimum Gasteiger partial charge on any atom is -0.292 e. The quantitative estimate of drug-likeness (QED) is 0.0475. The molecule has 2 rings (SSSR count). The van der Waals surface area contributed by atoms with E-state index < -0.39 is 0 Å². The van der Waals surface area contributed by atoms with Gasteiger partial charge in [-0.25, -0.2) is 9.13 Å². The van der Waals surface area contributed by atoms with Gasteiger partial charge in [-0.3, -0.25) is 4.90 Å². The molecule has 0 fully saturated rings. The summed E-state index contributed by atoms with van der Waals surface area (Å²) < 4.78 is 5.03. The number of aryl methyl sites for hydroxylation is 1. The summed E-state index contributed by atoms with van der Waals surface area (Å²) in [6.45, 7) is 21.1. The molecular formula is C69H130N3+. The van der Waals surface area contributed by atoms with Crippen LogP contribution in [0.15, 0.2) is 42.7 Å². The van der Waals surface area contributed by atoms with Crippen molar-refractivity contribution in [1.82, 2.24) is 9.47 Å². The molecule has 3 nitrogen and oxygen atoms in total. The van der Waals surface area contributed by atoms with Gasteiger partial charge in [-0.05, 0) is 49.0 Å². The standard InChI is InChI=1S/C69H130N3/c1-8-11-14-16-18-20-22-24-26-28-30-32-34-36-38-41-50-67(51-42-39-37-35-33-31-29-27-25-23-21-19-17-15-12-9-2)52-45-46-55-69(57-56-65(6)49-47-48-64(4)5)72(63-68-53-43-40-44-54-68)62-61-71-60-59-70(66(71)7)58-13-10-3/h40,43-44,53-54,59-60,64-65,67,69H,8-39,41-42,45-52,55-58,61-63H2,1-7H3/q+1. The average Bonchev–Trinajstić information content (AvgIpc) is 3.73. The minimum absolute atomic E-state index is 0.653. The molecule has 0 radical (unpaired) electrons. The molecule has 0 aliphatic carbocycles. The number of hydrogen-bond donors (Lipinski definition) is 0. The third-order valence-electron chi connectivity index (χ3n) is 17.2. The molecule has 1 heterocycles. The SMILES string of the molecule is CCCCCCCCCCCCCCCCCCC(CCCCCCCCCCCCCCCCCC)CCCCC(CCC(C)CCCC(C)C)N(CCn1cc[n+](CCCC)c1C)Cc1ccccc1. The second-order valence-corrected chi connectivity index (χ2v) is 24.5. The summed E-state index contributed by atoms with van der Waals surface area (Å²) in [5.41, 5.74) is 1.48. The molecule has 2 atom stereocenters. The highest BCUT2D eigenvalue weighted by molar-refractivity contribution is 5.14. The van der Waals surface area contributed by atoms with Gasteiger partial charge < -0.3 is 0 Å². The molecule has 72 heavy (non-hydrogen) atoms. The van der Waals surface area contributed by atoms with Gasteiger partial charge >= 0.3 is 0 Å². The first kappa shape index (κ1) is 66.5. The molecule has 0 aliphatic heterocycles. The van der Waals surface area contributed by atoms with E-state index in [1.54, 1.807) is 0 Å². The summed E-state index contributed by atoms with van der Waals surface area (Å²) in [5.74, 6) is 4.00. The first-order valence-electron chi connectivity index (χ1n) is 33.2. The van der Waals surface area contributed by atoms with Gasteiger partial charge in [0.05, 0.1) is 6.54 Å². The van der Waals surface area contributed by atoms with Crippen molar-refractivity contribution < 1.29 is 4.57 Å². The number of aromatic nitrogens is 2. The Morgan fingerprint density at radius 2 is 0.847 bits per heavy atom. The van der Waals surface area contributed by atoms with Crippen LogP contribution in [0.2, 0.25) is 0 Å². The Balaban J connectivity index is 1.94. The van der Waals surface area contributed by atoms with Gasteiger partial charge in [-0.1, -0.05) is 335 Å². The van der Waals surface area contributed by atoms with Crippen LogP contribution in [-0.4, -0.2) is 22.1 Å². The molecule has 2 unspecified atom stereocenters. The monoisotopic (exact) mass is 1000 g/mol. The fourth-order valence-corrected chi connectivity index (χ4v) is 12.0. The van der Waals surface area contributed by atoms with Crippen molar-refractivity contribution in [3.05, 3.63) is 54.1 Å². The van der Waals surface area contributed by atoms with Crippen LogP contribution >= 0.6 is 0 Å². The lowest BCUT2D eigenvalue weighted by Gasteiger charge is -2.33. The molecule has 0 saturated carbocycles. The van der Waals surface area contributed by atoms with Crippen molar-refractivity contribution in [2.45, 2.75) is 363 Å². The van der Waals surface area contributed by atoms with Gasteiger partial charge in [0.1, 0.15) is 18.9 Å². The third kappa shape index (κ3) is 38.0. The number of nitrogens with zero attached hydrogens (tertiary/aromatic N) is 3. The van der Waals surface area contributed by atoms with Crippen molar-refractivity contribution in [3.8, 4) is 0 Å². The van der Waals surface area contributed by atoms with Crippen LogP contribution in [0, 0.1) is 24.7 Å². The van der Waals surface area contributed by atoms with Crippen molar-refractivity contribution >= 4 is 0 Å². The van der Waals surface area contributed by atoms with Gasteiger partial charge in [0, 0.05) is 26.1 Å². The van der Waals surface area contributed by atoms with E-state index in [4.69, 9.17) is 0 Å². The maximum absolute atomic E-state index is 2.93. The molecule has 3 heteroatoms. The van der Waals surface area contributed by atoms with Crippen LogP contribution in [0.3, 0.4) is 0 Å². The van der Waals surface area contributed by atoms with Crippen LogP contribution in [0.5, 0.6) is 0 Å². The smallest absolute Gasteiger partial charge is 0.253 e. The first-order valence-corrected chi connectivity index (χ1v) is 33.2. The largest absolute Gasteiger partial charge is 0.292 e. The Morgan fingerprint density at radius 3 is 1.29 bits per heavy atom. The maximum Gasteiger partial charge on any atom is 0.253 e. The van der Waals surface area contributed by atoms with Crippen LogP contribution in [0.1, 0.15) is 342 Å². The molecule has 0 spiro atoms. The second kappa shape index (κ2) is 49.0. The average molecular weight is 1000 g/mol. The molecule has 1 aromatic carbocycles. The van der Waals surface area contributed by atoms with E-state index in [0.29, 0.717) is 6.04 Å². The predicted octanol–water partition coefficient (Wildman–Crippen LogP) is 22.5. The zero-order valence-corrected chi connectivity index (χ0v) is 50.3. The molecule has 0 aliphatic rings. The molecule has 420 valence electrons. The van der Waals surface area contributed by atoms with Crippen molar-refractivity contribution in [2.75, 3.05) is 6.54 Å². The second-order valence-electron chi connectivity index (χ2n) is 24.5. The number of imidazole rings is 1. The zero-order chi connectivity index (χ0) is 51.8. The molecule has 0 saturated heterocycles. The van der Waals surface area contributed by atoms with E-state index in [-0.39, 0.29) is 0 Å². The number of unbranched alkanes of at least 4 members (excludes halogenated alkanes) is 32. The zero-order valence-electron chi connectivity index (χ0n) is 50.3. The summed E-state index contributed by atoms with van der Waals surface area (Å²) in [6, 6.07) is 12.1. The molecule has 0 amide bonds. The van der Waals surface area contributed by atoms with Crippen LogP contribution in [0.25, 0.3) is 0 Å². The van der Waals surface area contributed by atoms with Gasteiger partial charge in [0.2, 0.25) is 0 Å². The number of benzene rings is 1. The Morgan fingerprint density at radius 1 is 0.431 bits per heavy atom. The van der Waals surface area contributed by atoms with Crippen molar-refractivity contribution in [3.63, 3.8) is 0 Å². The number of rotatable bonds is 55. The Labute approximate surface area is 453 Å². The topological polar surface area (TPSA) is 12.1 Å². The fourth-order valence-electron chi connectivity index (χ4n) is 12.0. The Kier molecular flexibility index (Phi) is 45.3. The highest BCUT2D eigenvalue weighted by Gasteiger charge is 2.22. The lowest BCUT2D eigenvalue weighted by molar-refractivity contribution is -0.702. The Hall–Kier alpha value is -1.61. The van der Waals surface area contributed by atoms with Gasteiger partial charge in [-0.2, -0.15) is 0 Å². The fraction of sp³-hybridized carbons (Fsp3) is 0.870. The van der Waals surface area contributed by atoms with E-state index in [9.17, 15) is 0 Å². The van der Waals surface area contributed by atoms with Crippen LogP contribution in [0.4, 0.5) is 0 Å². The summed E-state index contributed by atoms with van der Waals surface area (Å²) in [7, 11) is 0. The summed E-state index contributed by atoms with van der Waals surface area (Å²) in [6.07, 6.45) is 69.6. The van der Waals surface area contributed by atoms with Gasteiger partial charge in [-0.15, -0.1) is 0 Å². The minimum atomic E-state index is 0.653. The molecule has 1 aromatic heterocycles. The van der Waals surface area contributed by atoms with E-state index in [0.717, 1.165) is 43.9 Å². The summed E-state index contributed by atoms with van der Waals surface area (Å²) in [4.78, 5) is 2.93. The molecule has 0 N–H and O–H groups in total. The predicted molar refractivity (Wildman–Crippen MR) is 322 cm³/mol. The molecule has 0 bridgehead atoms. The highest BCUT2D eigenvalue weighted by atomic mass is 15.2. The van der Waals surface area contributed by atoms with E-state index >= 15 is 0 Å². The molecular weight excluding hydrogens is 871 g/mol. The van der Waals surface area contributed by atoms with E-state index in [2.05, 4.69) is 105 Å². The highest BCUT2D eigenvalue weighted by Crippen LogP contribution is 2.28. The van der Waals surface area contributed by atoms with E-state index in [1.807, 2.05) is 0 Å².